The van der Waals surface area contributed by atoms with Crippen LogP contribution in [0.5, 0.6) is 5.75 Å². The van der Waals surface area contributed by atoms with Crippen LogP contribution < -0.4 is 20.3 Å². The maximum atomic E-state index is 13.5. The van der Waals surface area contributed by atoms with Gasteiger partial charge in [-0.3, -0.25) is 4.79 Å². The van der Waals surface area contributed by atoms with Crippen molar-refractivity contribution in [3.05, 3.63) is 61.1 Å². The normalized spacial score (nSPS) is 11.4. The number of hydrogen-bond acceptors (Lipinski definition) is 8. The predicted molar refractivity (Wildman–Crippen MR) is 163 cm³/mol. The van der Waals surface area contributed by atoms with E-state index in [0.717, 1.165) is 28.5 Å². The number of aryl methyl sites for hydroxylation is 1. The van der Waals surface area contributed by atoms with Crippen molar-refractivity contribution >= 4 is 40.0 Å². The molecule has 0 saturated carbocycles. The lowest BCUT2D eigenvalue weighted by molar-refractivity contribution is -0.111. The number of benzene rings is 2. The zero-order valence-corrected chi connectivity index (χ0v) is 24.7. The third-order valence-corrected chi connectivity index (χ3v) is 6.63. The van der Waals surface area contributed by atoms with E-state index in [-0.39, 0.29) is 23.4 Å². The number of amides is 1. The summed E-state index contributed by atoms with van der Waals surface area (Å²) in [6.07, 6.45) is 2.72. The Kier molecular flexibility index (Phi) is 9.36. The van der Waals surface area contributed by atoms with E-state index in [1.165, 1.54) is 12.1 Å². The van der Waals surface area contributed by atoms with Gasteiger partial charge in [-0.05, 0) is 65.2 Å². The van der Waals surface area contributed by atoms with Crippen LogP contribution in [0.15, 0.2) is 55.3 Å². The average Bonchev–Trinajstić information content (AvgIpc) is 3.27. The number of hydrogen-bond donors (Lipinski definition) is 2. The van der Waals surface area contributed by atoms with E-state index in [1.54, 1.807) is 19.3 Å². The first kappa shape index (κ1) is 30.4. The summed E-state index contributed by atoms with van der Waals surface area (Å²) in [7, 11) is 5.66. The fourth-order valence-corrected chi connectivity index (χ4v) is 4.66. The van der Waals surface area contributed by atoms with Crippen LogP contribution in [0.2, 0.25) is 0 Å². The molecule has 4 aromatic rings. The molecule has 0 aliphatic rings. The van der Waals surface area contributed by atoms with Gasteiger partial charge in [0, 0.05) is 44.0 Å². The number of halogens is 2. The van der Waals surface area contributed by atoms with Crippen LogP contribution in [0, 0.1) is 6.92 Å². The third-order valence-electron chi connectivity index (χ3n) is 6.63. The van der Waals surface area contributed by atoms with Gasteiger partial charge in [0.1, 0.15) is 5.82 Å². The summed E-state index contributed by atoms with van der Waals surface area (Å²) in [4.78, 5) is 29.7. The van der Waals surface area contributed by atoms with Crippen molar-refractivity contribution in [3.63, 3.8) is 0 Å². The number of likely N-dealkylation sites (N-methyl/N-ethyl adjacent to an activating group) is 2. The van der Waals surface area contributed by atoms with Gasteiger partial charge >= 0.3 is 6.61 Å². The molecule has 1 amide bonds. The number of alkyl halides is 2. The van der Waals surface area contributed by atoms with Gasteiger partial charge in [-0.15, -0.1) is 0 Å². The lowest BCUT2D eigenvalue weighted by atomic mass is 10.1. The van der Waals surface area contributed by atoms with Gasteiger partial charge in [0.05, 0.1) is 33.8 Å². The third kappa shape index (κ3) is 7.00. The number of rotatable bonds is 12. The van der Waals surface area contributed by atoms with Crippen molar-refractivity contribution in [1.82, 2.24) is 24.4 Å². The minimum absolute atomic E-state index is 0.125. The highest BCUT2D eigenvalue weighted by atomic mass is 19.3. The van der Waals surface area contributed by atoms with Crippen LogP contribution in [0.25, 0.3) is 22.3 Å². The van der Waals surface area contributed by atoms with Gasteiger partial charge in [0.15, 0.2) is 5.75 Å². The Labute approximate surface area is 244 Å². The highest BCUT2D eigenvalue weighted by Gasteiger charge is 2.19. The highest BCUT2D eigenvalue weighted by molar-refractivity contribution is 6.02. The largest absolute Gasteiger partial charge is 0.433 e. The quantitative estimate of drug-likeness (QED) is 0.202. The molecule has 4 rings (SSSR count). The van der Waals surface area contributed by atoms with Crippen molar-refractivity contribution in [2.45, 2.75) is 33.4 Å². The van der Waals surface area contributed by atoms with Crippen molar-refractivity contribution in [1.29, 1.82) is 0 Å². The van der Waals surface area contributed by atoms with Crippen LogP contribution in [0.4, 0.5) is 31.8 Å². The second-order valence-corrected chi connectivity index (χ2v) is 10.4. The summed E-state index contributed by atoms with van der Waals surface area (Å²) in [5.74, 6) is 0.508. The molecular formula is C30H36F2N8O2. The molecule has 0 fully saturated rings. The minimum atomic E-state index is -3.08. The molecule has 2 aromatic carbocycles. The number of ether oxygens (including phenoxy) is 1. The summed E-state index contributed by atoms with van der Waals surface area (Å²) in [5, 5.41) is 5.77. The molecule has 0 bridgehead atoms. The monoisotopic (exact) mass is 578 g/mol. The fraction of sp³-hybridized carbons (Fsp3) is 0.333. The standard InChI is InChI=1S/C30H36F2N8O2/c1-8-28(41)35-23-16-24(27(42-29(31)32)17-25(23)39(7)14-13-38(5)6)37-30-33-12-11-21(36-30)20-9-10-22-26(15-20)40(18(2)3)19(4)34-22/h8-12,15-18,29H,1,13-14H2,2-7H3,(H,35,41)(H,33,36,37). The average molecular weight is 579 g/mol. The molecule has 0 spiro atoms. The summed E-state index contributed by atoms with van der Waals surface area (Å²) in [6, 6.07) is 10.9. The Balaban J connectivity index is 1.74. The predicted octanol–water partition coefficient (Wildman–Crippen LogP) is 5.85. The Morgan fingerprint density at radius 3 is 2.52 bits per heavy atom. The molecule has 10 nitrogen and oxygen atoms in total. The molecule has 0 atom stereocenters. The molecule has 12 heteroatoms. The van der Waals surface area contributed by atoms with E-state index in [4.69, 9.17) is 4.74 Å². The fourth-order valence-electron chi connectivity index (χ4n) is 4.66. The summed E-state index contributed by atoms with van der Waals surface area (Å²) in [6.45, 7) is 7.87. The van der Waals surface area contributed by atoms with Gasteiger partial charge in [-0.1, -0.05) is 12.6 Å². The number of carbonyl (C=O) groups is 1. The smallest absolute Gasteiger partial charge is 0.387 e. The van der Waals surface area contributed by atoms with Gasteiger partial charge in [0.25, 0.3) is 0 Å². The number of aromatic nitrogens is 4. The van der Waals surface area contributed by atoms with Crippen LogP contribution in [0.1, 0.15) is 25.7 Å². The lowest BCUT2D eigenvalue weighted by Crippen LogP contribution is -2.29. The van der Waals surface area contributed by atoms with Crippen LogP contribution >= 0.6 is 0 Å². The first-order chi connectivity index (χ1) is 20.0. The molecule has 0 unspecified atom stereocenters. The van der Waals surface area contributed by atoms with E-state index in [0.29, 0.717) is 30.2 Å². The SMILES string of the molecule is C=CC(=O)Nc1cc(Nc2nccc(-c3ccc4nc(C)n(C(C)C)c4c3)n2)c(OC(F)F)cc1N(C)CCN(C)C. The van der Waals surface area contributed by atoms with Crippen LogP contribution in [-0.4, -0.2) is 71.2 Å². The summed E-state index contributed by atoms with van der Waals surface area (Å²) >= 11 is 0. The van der Waals surface area contributed by atoms with Crippen molar-refractivity contribution in [3.8, 4) is 17.0 Å². The van der Waals surface area contributed by atoms with E-state index in [2.05, 4.69) is 50.6 Å². The Morgan fingerprint density at radius 2 is 1.86 bits per heavy atom. The maximum absolute atomic E-state index is 13.5. The second-order valence-electron chi connectivity index (χ2n) is 10.4. The summed E-state index contributed by atoms with van der Waals surface area (Å²) in [5.41, 5.74) is 4.36. The highest BCUT2D eigenvalue weighted by Crippen LogP contribution is 2.39. The second kappa shape index (κ2) is 12.9. The summed E-state index contributed by atoms with van der Waals surface area (Å²) < 4.78 is 34.1. The van der Waals surface area contributed by atoms with E-state index in [9.17, 15) is 13.6 Å². The Bertz CT molecular complexity index is 1590. The van der Waals surface area contributed by atoms with Crippen molar-refractivity contribution < 1.29 is 18.3 Å². The van der Waals surface area contributed by atoms with Crippen molar-refractivity contribution in [2.75, 3.05) is 49.8 Å². The first-order valence-corrected chi connectivity index (χ1v) is 13.5. The Hall–Kier alpha value is -4.58. The van der Waals surface area contributed by atoms with Gasteiger partial charge in [-0.25, -0.2) is 15.0 Å². The zero-order chi connectivity index (χ0) is 30.6. The molecule has 2 N–H and O–H groups in total. The number of imidazole rings is 1. The molecule has 42 heavy (non-hydrogen) atoms. The number of anilines is 4. The van der Waals surface area contributed by atoms with Crippen molar-refractivity contribution in [2.24, 2.45) is 0 Å². The number of nitrogens with one attached hydrogen (secondary N) is 2. The van der Waals surface area contributed by atoms with E-state index >= 15 is 0 Å². The first-order valence-electron chi connectivity index (χ1n) is 13.5. The lowest BCUT2D eigenvalue weighted by Gasteiger charge is -2.26. The van der Waals surface area contributed by atoms with Gasteiger partial charge in [-0.2, -0.15) is 8.78 Å². The topological polar surface area (TPSA) is 100 Å². The molecule has 0 aliphatic carbocycles. The minimum Gasteiger partial charge on any atom is -0.433 e. The van der Waals surface area contributed by atoms with Gasteiger partial charge < -0.3 is 29.7 Å². The van der Waals surface area contributed by atoms with Crippen LogP contribution in [-0.2, 0) is 4.79 Å². The van der Waals surface area contributed by atoms with E-state index < -0.39 is 12.5 Å². The van der Waals surface area contributed by atoms with Gasteiger partial charge in [0.2, 0.25) is 11.9 Å². The zero-order valence-electron chi connectivity index (χ0n) is 24.7. The maximum Gasteiger partial charge on any atom is 0.387 e. The molecular weight excluding hydrogens is 542 g/mol. The Morgan fingerprint density at radius 1 is 1.10 bits per heavy atom. The molecule has 0 saturated heterocycles. The number of carbonyl (C=O) groups excluding carboxylic acids is 1. The molecule has 2 heterocycles. The molecule has 0 aliphatic heterocycles. The number of fused-ring (bicyclic) bond motifs is 1. The molecule has 0 radical (unpaired) electrons. The number of nitrogens with zero attached hydrogens (tertiary/aromatic N) is 6. The molecule has 2 aromatic heterocycles. The van der Waals surface area contributed by atoms with E-state index in [1.807, 2.05) is 49.0 Å². The molecule has 222 valence electrons. The van der Waals surface area contributed by atoms with Crippen LogP contribution in [0.3, 0.4) is 0 Å².